The van der Waals surface area contributed by atoms with Gasteiger partial charge in [0.2, 0.25) is 0 Å². The number of amides is 2. The maximum Gasteiger partial charge on any atom is 0.319 e. The Bertz CT molecular complexity index is 669. The highest BCUT2D eigenvalue weighted by Crippen LogP contribution is 2.14. The Morgan fingerprint density at radius 2 is 1.92 bits per heavy atom. The van der Waals surface area contributed by atoms with Gasteiger partial charge in [-0.05, 0) is 17.7 Å². The van der Waals surface area contributed by atoms with E-state index in [-0.39, 0.29) is 18.4 Å². The number of nitrogens with one attached hydrogen (secondary N) is 1. The van der Waals surface area contributed by atoms with Crippen LogP contribution in [0.3, 0.4) is 0 Å². The number of alkyl halides is 2. The summed E-state index contributed by atoms with van der Waals surface area (Å²) in [7, 11) is 5.44. The number of imidazole rings is 1. The van der Waals surface area contributed by atoms with Gasteiger partial charge in [0, 0.05) is 45.8 Å². The Hall–Kier alpha value is -2.64. The molecule has 0 aliphatic heterocycles. The van der Waals surface area contributed by atoms with Crippen LogP contribution in [0.4, 0.5) is 19.3 Å². The van der Waals surface area contributed by atoms with Crippen molar-refractivity contribution in [2.75, 3.05) is 26.0 Å². The van der Waals surface area contributed by atoms with Gasteiger partial charge in [0.05, 0.1) is 6.54 Å². The van der Waals surface area contributed by atoms with Crippen molar-refractivity contribution in [2.24, 2.45) is 0 Å². The average molecular weight is 337 g/mol. The highest BCUT2D eigenvalue weighted by atomic mass is 19.3. The summed E-state index contributed by atoms with van der Waals surface area (Å²) in [6.45, 7) is -2.31. The molecule has 0 fully saturated rings. The molecule has 2 rings (SSSR count). The van der Waals surface area contributed by atoms with Crippen molar-refractivity contribution < 1.29 is 13.6 Å². The van der Waals surface area contributed by atoms with Gasteiger partial charge < -0.3 is 15.1 Å². The molecule has 0 spiro atoms. The number of rotatable bonds is 6. The molecule has 1 aromatic heterocycles. The van der Waals surface area contributed by atoms with E-state index >= 15 is 0 Å². The van der Waals surface area contributed by atoms with Crippen LogP contribution in [-0.4, -0.2) is 41.6 Å². The molecule has 1 heterocycles. The summed E-state index contributed by atoms with van der Waals surface area (Å²) in [6, 6.07) is 7.43. The van der Waals surface area contributed by atoms with Crippen molar-refractivity contribution in [1.29, 1.82) is 0 Å². The highest BCUT2D eigenvalue weighted by Gasteiger charge is 2.15. The summed E-state index contributed by atoms with van der Waals surface area (Å²) in [5, 5.41) is 2.76. The number of anilines is 1. The SMILES string of the molecule is CN(Cc1nccn1C(F)F)C(=O)NCc1ccc(N(C)C)cc1. The lowest BCUT2D eigenvalue weighted by Crippen LogP contribution is -2.37. The van der Waals surface area contributed by atoms with Crippen LogP contribution in [-0.2, 0) is 13.1 Å². The largest absolute Gasteiger partial charge is 0.378 e. The standard InChI is InChI=1S/C16H21F2N5O/c1-21(2)13-6-4-12(5-7-13)10-20-16(24)22(3)11-14-19-8-9-23(14)15(17)18/h4-9,15H,10-11H2,1-3H3,(H,20,24). The molecule has 130 valence electrons. The van der Waals surface area contributed by atoms with E-state index in [1.807, 2.05) is 43.3 Å². The van der Waals surface area contributed by atoms with E-state index in [1.54, 1.807) is 0 Å². The quantitative estimate of drug-likeness (QED) is 0.882. The minimum Gasteiger partial charge on any atom is -0.378 e. The van der Waals surface area contributed by atoms with E-state index in [9.17, 15) is 13.6 Å². The van der Waals surface area contributed by atoms with E-state index in [2.05, 4.69) is 10.3 Å². The van der Waals surface area contributed by atoms with Crippen molar-refractivity contribution in [3.8, 4) is 0 Å². The molecular formula is C16H21F2N5O. The van der Waals surface area contributed by atoms with Crippen LogP contribution in [0.1, 0.15) is 17.9 Å². The lowest BCUT2D eigenvalue weighted by molar-refractivity contribution is 0.0651. The second-order valence-electron chi connectivity index (χ2n) is 5.60. The van der Waals surface area contributed by atoms with Gasteiger partial charge in [-0.25, -0.2) is 9.78 Å². The molecule has 0 bridgehead atoms. The Morgan fingerprint density at radius 1 is 1.25 bits per heavy atom. The number of hydrogen-bond acceptors (Lipinski definition) is 3. The lowest BCUT2D eigenvalue weighted by atomic mass is 10.2. The second-order valence-corrected chi connectivity index (χ2v) is 5.60. The molecule has 2 aromatic rings. The summed E-state index contributed by atoms with van der Waals surface area (Å²) in [5.74, 6) is 0.137. The van der Waals surface area contributed by atoms with Crippen LogP contribution in [0.25, 0.3) is 0 Å². The van der Waals surface area contributed by atoms with Crippen molar-refractivity contribution >= 4 is 11.7 Å². The smallest absolute Gasteiger partial charge is 0.319 e. The summed E-state index contributed by atoms with van der Waals surface area (Å²) in [6.07, 6.45) is 2.48. The Balaban J connectivity index is 1.88. The molecule has 0 radical (unpaired) electrons. The minimum absolute atomic E-state index is 0.00272. The second kappa shape index (κ2) is 7.76. The molecule has 0 saturated carbocycles. The zero-order valence-electron chi connectivity index (χ0n) is 13.9. The first-order valence-corrected chi connectivity index (χ1v) is 7.43. The number of carbonyl (C=O) groups is 1. The maximum absolute atomic E-state index is 12.8. The molecule has 0 aliphatic carbocycles. The maximum atomic E-state index is 12.8. The predicted octanol–water partition coefficient (Wildman–Crippen LogP) is 2.69. The van der Waals surface area contributed by atoms with E-state index in [0.29, 0.717) is 6.54 Å². The zero-order valence-corrected chi connectivity index (χ0v) is 13.9. The first kappa shape index (κ1) is 17.7. The Kier molecular flexibility index (Phi) is 5.73. The van der Waals surface area contributed by atoms with E-state index in [0.717, 1.165) is 15.8 Å². The molecular weight excluding hydrogens is 316 g/mol. The first-order valence-electron chi connectivity index (χ1n) is 7.43. The van der Waals surface area contributed by atoms with Gasteiger partial charge >= 0.3 is 12.6 Å². The van der Waals surface area contributed by atoms with Gasteiger partial charge in [-0.1, -0.05) is 12.1 Å². The van der Waals surface area contributed by atoms with Crippen LogP contribution in [0.15, 0.2) is 36.7 Å². The van der Waals surface area contributed by atoms with Gasteiger partial charge in [0.25, 0.3) is 0 Å². The fourth-order valence-electron chi connectivity index (χ4n) is 2.15. The molecule has 0 aliphatic rings. The molecule has 0 unspecified atom stereocenters. The van der Waals surface area contributed by atoms with Gasteiger partial charge in [-0.3, -0.25) is 4.57 Å². The molecule has 0 saturated heterocycles. The topological polar surface area (TPSA) is 53.4 Å². The van der Waals surface area contributed by atoms with Crippen LogP contribution in [0, 0.1) is 0 Å². The zero-order chi connectivity index (χ0) is 17.7. The van der Waals surface area contributed by atoms with Crippen molar-refractivity contribution in [3.63, 3.8) is 0 Å². The predicted molar refractivity (Wildman–Crippen MR) is 88.0 cm³/mol. The van der Waals surface area contributed by atoms with Gasteiger partial charge in [-0.2, -0.15) is 8.78 Å². The molecule has 0 atom stereocenters. The number of urea groups is 1. The van der Waals surface area contributed by atoms with E-state index in [1.165, 1.54) is 24.3 Å². The van der Waals surface area contributed by atoms with Gasteiger partial charge in [-0.15, -0.1) is 0 Å². The summed E-state index contributed by atoms with van der Waals surface area (Å²) < 4.78 is 26.3. The number of benzene rings is 1. The molecule has 1 N–H and O–H groups in total. The van der Waals surface area contributed by atoms with Crippen molar-refractivity contribution in [3.05, 3.63) is 48.0 Å². The summed E-state index contributed by atoms with van der Waals surface area (Å²) in [5.41, 5.74) is 2.03. The number of halogens is 2. The average Bonchev–Trinajstić information content (AvgIpc) is 3.01. The number of aromatic nitrogens is 2. The minimum atomic E-state index is -2.67. The number of hydrogen-bond donors (Lipinski definition) is 1. The van der Waals surface area contributed by atoms with Crippen LogP contribution in [0.2, 0.25) is 0 Å². The van der Waals surface area contributed by atoms with Gasteiger partial charge in [0.15, 0.2) is 0 Å². The van der Waals surface area contributed by atoms with Crippen LogP contribution < -0.4 is 10.2 Å². The molecule has 1 aromatic carbocycles. The van der Waals surface area contributed by atoms with E-state index < -0.39 is 6.55 Å². The number of carbonyl (C=O) groups excluding carboxylic acids is 1. The van der Waals surface area contributed by atoms with Crippen molar-refractivity contribution in [2.45, 2.75) is 19.6 Å². The van der Waals surface area contributed by atoms with Crippen LogP contribution in [0.5, 0.6) is 0 Å². The fourth-order valence-corrected chi connectivity index (χ4v) is 2.15. The third kappa shape index (κ3) is 4.43. The monoisotopic (exact) mass is 337 g/mol. The van der Waals surface area contributed by atoms with Gasteiger partial charge in [0.1, 0.15) is 5.82 Å². The third-order valence-corrected chi connectivity index (χ3v) is 3.58. The Labute approximate surface area is 139 Å². The number of nitrogens with zero attached hydrogens (tertiary/aromatic N) is 4. The first-order chi connectivity index (χ1) is 11.4. The van der Waals surface area contributed by atoms with Crippen LogP contribution >= 0.6 is 0 Å². The Morgan fingerprint density at radius 3 is 2.50 bits per heavy atom. The lowest BCUT2D eigenvalue weighted by Gasteiger charge is -2.18. The summed E-state index contributed by atoms with van der Waals surface area (Å²) >= 11 is 0. The van der Waals surface area contributed by atoms with E-state index in [4.69, 9.17) is 0 Å². The fraction of sp³-hybridized carbons (Fsp3) is 0.375. The molecule has 8 heteroatoms. The molecule has 24 heavy (non-hydrogen) atoms. The van der Waals surface area contributed by atoms with Crippen molar-refractivity contribution in [1.82, 2.24) is 19.8 Å². The normalized spacial score (nSPS) is 10.8. The molecule has 6 nitrogen and oxygen atoms in total. The highest BCUT2D eigenvalue weighted by molar-refractivity contribution is 5.73. The third-order valence-electron chi connectivity index (χ3n) is 3.58. The molecule has 2 amide bonds. The summed E-state index contributed by atoms with van der Waals surface area (Å²) in [4.78, 5) is 19.2.